The highest BCUT2D eigenvalue weighted by molar-refractivity contribution is 5.33. The normalized spacial score (nSPS) is 12.6. The van der Waals surface area contributed by atoms with Crippen molar-refractivity contribution in [2.24, 2.45) is 5.73 Å². The van der Waals surface area contributed by atoms with E-state index >= 15 is 0 Å². The first-order valence-electron chi connectivity index (χ1n) is 5.27. The van der Waals surface area contributed by atoms with E-state index in [1.807, 2.05) is 18.2 Å². The Balaban J connectivity index is 2.17. The van der Waals surface area contributed by atoms with Crippen molar-refractivity contribution in [2.75, 3.05) is 6.54 Å². The van der Waals surface area contributed by atoms with Crippen molar-refractivity contribution in [1.82, 2.24) is 9.97 Å². The fraction of sp³-hybridized carbons (Fsp3) is 0.250. The molecule has 0 fully saturated rings. The maximum Gasteiger partial charge on any atom is 0.118 e. The van der Waals surface area contributed by atoms with E-state index in [1.54, 1.807) is 18.5 Å². The molecule has 0 aliphatic rings. The van der Waals surface area contributed by atoms with E-state index in [4.69, 9.17) is 5.73 Å². The van der Waals surface area contributed by atoms with Crippen molar-refractivity contribution in [3.8, 4) is 5.75 Å². The van der Waals surface area contributed by atoms with Crippen LogP contribution in [-0.4, -0.2) is 21.6 Å². The van der Waals surface area contributed by atoms with Crippen LogP contribution in [0.4, 0.5) is 0 Å². The van der Waals surface area contributed by atoms with Crippen LogP contribution in [0.2, 0.25) is 0 Å². The second kappa shape index (κ2) is 4.81. The lowest BCUT2D eigenvalue weighted by molar-refractivity contribution is 0.464. The molecule has 0 saturated carbocycles. The molecule has 0 aliphatic heterocycles. The minimum Gasteiger partial charge on any atom is -0.508 e. The Morgan fingerprint density at radius 1 is 1.38 bits per heavy atom. The summed E-state index contributed by atoms with van der Waals surface area (Å²) in [4.78, 5) is 7.25. The number of phenols is 1. The van der Waals surface area contributed by atoms with Gasteiger partial charge in [-0.1, -0.05) is 18.2 Å². The van der Waals surface area contributed by atoms with Gasteiger partial charge in [0.05, 0.1) is 0 Å². The van der Waals surface area contributed by atoms with Gasteiger partial charge < -0.3 is 15.8 Å². The highest BCUT2D eigenvalue weighted by Crippen LogP contribution is 2.23. The van der Waals surface area contributed by atoms with Gasteiger partial charge in [0.15, 0.2) is 0 Å². The Labute approximate surface area is 94.1 Å². The average molecular weight is 217 g/mol. The lowest BCUT2D eigenvalue weighted by Crippen LogP contribution is -2.16. The fourth-order valence-corrected chi connectivity index (χ4v) is 1.74. The van der Waals surface area contributed by atoms with Gasteiger partial charge in [-0.05, 0) is 18.1 Å². The maximum atomic E-state index is 9.68. The number of phenolic OH excluding ortho intramolecular Hbond substituents is 1. The van der Waals surface area contributed by atoms with Crippen LogP contribution in [0.3, 0.4) is 0 Å². The predicted octanol–water partition coefficient (Wildman–Crippen LogP) is 1.40. The zero-order chi connectivity index (χ0) is 11.4. The third kappa shape index (κ3) is 2.23. The van der Waals surface area contributed by atoms with E-state index in [9.17, 15) is 5.11 Å². The molecule has 84 valence electrons. The summed E-state index contributed by atoms with van der Waals surface area (Å²) in [7, 11) is 0. The van der Waals surface area contributed by atoms with Gasteiger partial charge in [-0.2, -0.15) is 0 Å². The minimum atomic E-state index is 0.114. The zero-order valence-corrected chi connectivity index (χ0v) is 8.93. The number of H-pyrrole nitrogens is 1. The smallest absolute Gasteiger partial charge is 0.118 e. The molecule has 0 amide bonds. The molecular weight excluding hydrogens is 202 g/mol. The number of nitrogens with one attached hydrogen (secondary N) is 1. The van der Waals surface area contributed by atoms with Gasteiger partial charge in [0.1, 0.15) is 11.6 Å². The van der Waals surface area contributed by atoms with Crippen molar-refractivity contribution in [3.63, 3.8) is 0 Å². The Morgan fingerprint density at radius 2 is 2.19 bits per heavy atom. The lowest BCUT2D eigenvalue weighted by atomic mass is 9.98. The number of nitrogens with two attached hydrogens (primary N) is 1. The first kappa shape index (κ1) is 10.7. The summed E-state index contributed by atoms with van der Waals surface area (Å²) in [5, 5.41) is 9.68. The molecule has 0 saturated heterocycles. The molecule has 1 unspecified atom stereocenters. The van der Waals surface area contributed by atoms with Gasteiger partial charge in [-0.15, -0.1) is 0 Å². The van der Waals surface area contributed by atoms with Crippen LogP contribution in [0.1, 0.15) is 17.3 Å². The van der Waals surface area contributed by atoms with Gasteiger partial charge in [-0.3, -0.25) is 0 Å². The summed E-state index contributed by atoms with van der Waals surface area (Å²) in [5.74, 6) is 1.29. The van der Waals surface area contributed by atoms with Crippen LogP contribution < -0.4 is 5.73 Å². The Morgan fingerprint density at radius 3 is 2.81 bits per heavy atom. The predicted molar refractivity (Wildman–Crippen MR) is 62.2 cm³/mol. The molecule has 4 heteroatoms. The number of nitrogens with zero attached hydrogens (tertiary/aromatic N) is 1. The third-order valence-electron chi connectivity index (χ3n) is 2.65. The maximum absolute atomic E-state index is 9.68. The standard InChI is InChI=1S/C12H15N3O/c13-8-10(12-14-5-6-15-12)7-9-3-1-2-4-11(9)16/h1-6,10,16H,7-8,13H2,(H,14,15). The molecule has 1 heterocycles. The van der Waals surface area contributed by atoms with Crippen LogP contribution in [0, 0.1) is 0 Å². The number of aromatic nitrogens is 2. The van der Waals surface area contributed by atoms with Gasteiger partial charge >= 0.3 is 0 Å². The summed E-state index contributed by atoms with van der Waals surface area (Å²) in [6.45, 7) is 0.502. The van der Waals surface area contributed by atoms with Crippen LogP contribution >= 0.6 is 0 Å². The summed E-state index contributed by atoms with van der Waals surface area (Å²) >= 11 is 0. The van der Waals surface area contributed by atoms with Crippen molar-refractivity contribution >= 4 is 0 Å². The number of hydrogen-bond acceptors (Lipinski definition) is 3. The molecule has 0 aliphatic carbocycles. The first-order valence-corrected chi connectivity index (χ1v) is 5.27. The largest absolute Gasteiger partial charge is 0.508 e. The van der Waals surface area contributed by atoms with Crippen LogP contribution in [-0.2, 0) is 6.42 Å². The third-order valence-corrected chi connectivity index (χ3v) is 2.65. The van der Waals surface area contributed by atoms with Crippen molar-refractivity contribution < 1.29 is 5.11 Å². The molecule has 0 bridgehead atoms. The molecule has 1 aromatic heterocycles. The number of rotatable bonds is 4. The first-order chi connectivity index (χ1) is 7.81. The van der Waals surface area contributed by atoms with E-state index in [-0.39, 0.29) is 5.92 Å². The second-order valence-corrected chi connectivity index (χ2v) is 3.74. The number of aromatic amines is 1. The molecule has 0 radical (unpaired) electrons. The molecule has 1 atom stereocenters. The van der Waals surface area contributed by atoms with E-state index in [2.05, 4.69) is 9.97 Å². The molecule has 4 N–H and O–H groups in total. The van der Waals surface area contributed by atoms with Crippen molar-refractivity contribution in [3.05, 3.63) is 48.0 Å². The van der Waals surface area contributed by atoms with Gasteiger partial charge in [-0.25, -0.2) is 4.98 Å². The molecule has 0 spiro atoms. The number of aromatic hydroxyl groups is 1. The van der Waals surface area contributed by atoms with Crippen LogP contribution in [0.15, 0.2) is 36.7 Å². The van der Waals surface area contributed by atoms with Crippen molar-refractivity contribution in [2.45, 2.75) is 12.3 Å². The number of para-hydroxylation sites is 1. The van der Waals surface area contributed by atoms with Gasteiger partial charge in [0.25, 0.3) is 0 Å². The van der Waals surface area contributed by atoms with Crippen LogP contribution in [0.25, 0.3) is 0 Å². The molecular formula is C12H15N3O. The number of imidazole rings is 1. The van der Waals surface area contributed by atoms with Crippen molar-refractivity contribution in [1.29, 1.82) is 0 Å². The molecule has 16 heavy (non-hydrogen) atoms. The summed E-state index contributed by atoms with van der Waals surface area (Å²) in [6.07, 6.45) is 4.18. The van der Waals surface area contributed by atoms with Crippen LogP contribution in [0.5, 0.6) is 5.75 Å². The Hall–Kier alpha value is -1.81. The SMILES string of the molecule is NCC(Cc1ccccc1O)c1ncc[nH]1. The summed E-state index contributed by atoms with van der Waals surface area (Å²) in [5.41, 5.74) is 6.62. The average Bonchev–Trinajstić information content (AvgIpc) is 2.81. The molecule has 2 aromatic rings. The quantitative estimate of drug-likeness (QED) is 0.724. The van der Waals surface area contributed by atoms with E-state index in [0.29, 0.717) is 18.7 Å². The number of hydrogen-bond donors (Lipinski definition) is 3. The van der Waals surface area contributed by atoms with E-state index in [0.717, 1.165) is 11.4 Å². The second-order valence-electron chi connectivity index (χ2n) is 3.74. The summed E-state index contributed by atoms with van der Waals surface area (Å²) < 4.78 is 0. The Bertz CT molecular complexity index is 439. The monoisotopic (exact) mass is 217 g/mol. The fourth-order valence-electron chi connectivity index (χ4n) is 1.74. The topological polar surface area (TPSA) is 74.9 Å². The van der Waals surface area contributed by atoms with E-state index in [1.165, 1.54) is 0 Å². The molecule has 4 nitrogen and oxygen atoms in total. The highest BCUT2D eigenvalue weighted by Gasteiger charge is 2.14. The summed E-state index contributed by atoms with van der Waals surface area (Å²) in [6, 6.07) is 7.31. The van der Waals surface area contributed by atoms with E-state index < -0.39 is 0 Å². The zero-order valence-electron chi connectivity index (χ0n) is 8.93. The Kier molecular flexibility index (Phi) is 3.22. The lowest BCUT2D eigenvalue weighted by Gasteiger charge is -2.12. The van der Waals surface area contributed by atoms with Gasteiger partial charge in [0.2, 0.25) is 0 Å². The minimum absolute atomic E-state index is 0.114. The van der Waals surface area contributed by atoms with Gasteiger partial charge in [0, 0.05) is 24.9 Å². The molecule has 1 aromatic carbocycles. The molecule has 2 rings (SSSR count). The number of benzene rings is 1. The highest BCUT2D eigenvalue weighted by atomic mass is 16.3.